The van der Waals surface area contributed by atoms with Crippen molar-refractivity contribution in [2.45, 2.75) is 26.9 Å². The summed E-state index contributed by atoms with van der Waals surface area (Å²) in [6, 6.07) is 22.1. The molecule has 5 rings (SSSR count). The van der Waals surface area contributed by atoms with Crippen LogP contribution in [0.3, 0.4) is 0 Å². The first-order valence-electron chi connectivity index (χ1n) is 10.4. The molecular weight excluding hydrogens is 388 g/mol. The third-order valence-electron chi connectivity index (χ3n) is 5.97. The van der Waals surface area contributed by atoms with Gasteiger partial charge in [-0.3, -0.25) is 4.79 Å². The Bertz CT molecular complexity index is 1280. The molecule has 0 radical (unpaired) electrons. The normalized spacial score (nSPS) is 12.3. The Morgan fingerprint density at radius 2 is 1.74 bits per heavy atom. The number of aromatic nitrogens is 1. The summed E-state index contributed by atoms with van der Waals surface area (Å²) in [6.07, 6.45) is 0. The number of ether oxygens (including phenoxy) is 2. The second kappa shape index (κ2) is 7.84. The van der Waals surface area contributed by atoms with Gasteiger partial charge in [-0.25, -0.2) is 0 Å². The fraction of sp³-hybridized carbons (Fsp3) is 0.192. The molecule has 156 valence electrons. The third-order valence-corrected chi connectivity index (χ3v) is 5.97. The lowest BCUT2D eigenvalue weighted by Crippen LogP contribution is -2.22. The molecule has 0 aliphatic carbocycles. The number of aryl methyl sites for hydroxylation is 1. The number of nitrogens with zero attached hydrogens (tertiary/aromatic N) is 1. The lowest BCUT2D eigenvalue weighted by atomic mass is 10.1. The molecular formula is C26H24N2O3. The SMILES string of the molecule is Cc1c(C)n(Cc2ccccc2)c2ccc(C(=O)NCc3ccc4c(c3)OCO4)cc12. The number of nitrogens with one attached hydrogen (secondary N) is 1. The van der Waals surface area contributed by atoms with E-state index in [1.807, 2.05) is 42.5 Å². The molecule has 0 saturated heterocycles. The van der Waals surface area contributed by atoms with Crippen molar-refractivity contribution in [3.8, 4) is 11.5 Å². The van der Waals surface area contributed by atoms with E-state index in [9.17, 15) is 4.79 Å². The van der Waals surface area contributed by atoms with E-state index in [1.165, 1.54) is 16.8 Å². The van der Waals surface area contributed by atoms with E-state index in [-0.39, 0.29) is 12.7 Å². The molecule has 4 aromatic rings. The van der Waals surface area contributed by atoms with Crippen molar-refractivity contribution < 1.29 is 14.3 Å². The summed E-state index contributed by atoms with van der Waals surface area (Å²) in [4.78, 5) is 12.8. The number of carbonyl (C=O) groups is 1. The van der Waals surface area contributed by atoms with Crippen LogP contribution in [0, 0.1) is 13.8 Å². The molecule has 3 aromatic carbocycles. The van der Waals surface area contributed by atoms with Gasteiger partial charge in [0.05, 0.1) is 0 Å². The van der Waals surface area contributed by atoms with Gasteiger partial charge in [0.15, 0.2) is 11.5 Å². The van der Waals surface area contributed by atoms with E-state index in [0.717, 1.165) is 34.5 Å². The van der Waals surface area contributed by atoms with Crippen LogP contribution >= 0.6 is 0 Å². The average molecular weight is 412 g/mol. The van der Waals surface area contributed by atoms with Crippen molar-refractivity contribution in [2.24, 2.45) is 0 Å². The Labute approximate surface area is 181 Å². The molecule has 0 spiro atoms. The predicted molar refractivity (Wildman–Crippen MR) is 121 cm³/mol. The smallest absolute Gasteiger partial charge is 0.251 e. The van der Waals surface area contributed by atoms with Crippen LogP contribution in [0.5, 0.6) is 11.5 Å². The summed E-state index contributed by atoms with van der Waals surface area (Å²) in [6.45, 7) is 5.74. The van der Waals surface area contributed by atoms with Gasteiger partial charge in [-0.2, -0.15) is 0 Å². The van der Waals surface area contributed by atoms with E-state index >= 15 is 0 Å². The van der Waals surface area contributed by atoms with Gasteiger partial charge in [-0.15, -0.1) is 0 Å². The monoisotopic (exact) mass is 412 g/mol. The summed E-state index contributed by atoms with van der Waals surface area (Å²) < 4.78 is 13.1. The van der Waals surface area contributed by atoms with Crippen molar-refractivity contribution in [3.63, 3.8) is 0 Å². The molecule has 1 aliphatic rings. The lowest BCUT2D eigenvalue weighted by Gasteiger charge is -2.09. The number of amides is 1. The average Bonchev–Trinajstić information content (AvgIpc) is 3.36. The summed E-state index contributed by atoms with van der Waals surface area (Å²) in [5.74, 6) is 1.37. The van der Waals surface area contributed by atoms with Crippen molar-refractivity contribution in [3.05, 3.63) is 94.7 Å². The quantitative estimate of drug-likeness (QED) is 0.504. The highest BCUT2D eigenvalue weighted by molar-refractivity contribution is 5.99. The number of fused-ring (bicyclic) bond motifs is 2. The first kappa shape index (κ1) is 19.2. The number of benzene rings is 3. The Balaban J connectivity index is 1.37. The zero-order valence-electron chi connectivity index (χ0n) is 17.6. The second-order valence-electron chi connectivity index (χ2n) is 7.88. The molecule has 1 N–H and O–H groups in total. The van der Waals surface area contributed by atoms with Crippen molar-refractivity contribution >= 4 is 16.8 Å². The van der Waals surface area contributed by atoms with Crippen LogP contribution in [-0.2, 0) is 13.1 Å². The molecule has 5 heteroatoms. The molecule has 1 aliphatic heterocycles. The highest BCUT2D eigenvalue weighted by Crippen LogP contribution is 2.32. The van der Waals surface area contributed by atoms with Crippen LogP contribution < -0.4 is 14.8 Å². The first-order valence-corrected chi connectivity index (χ1v) is 10.4. The van der Waals surface area contributed by atoms with Gasteiger partial charge in [0, 0.05) is 35.2 Å². The molecule has 31 heavy (non-hydrogen) atoms. The topological polar surface area (TPSA) is 52.5 Å². The van der Waals surface area contributed by atoms with Gasteiger partial charge in [0.2, 0.25) is 6.79 Å². The minimum atomic E-state index is -0.0903. The molecule has 2 heterocycles. The highest BCUT2D eigenvalue weighted by Gasteiger charge is 2.16. The van der Waals surface area contributed by atoms with Crippen LogP contribution in [0.15, 0.2) is 66.7 Å². The highest BCUT2D eigenvalue weighted by atomic mass is 16.7. The number of hydrogen-bond acceptors (Lipinski definition) is 3. The number of hydrogen-bond donors (Lipinski definition) is 1. The summed E-state index contributed by atoms with van der Waals surface area (Å²) in [5, 5.41) is 4.12. The first-order chi connectivity index (χ1) is 15.1. The fourth-order valence-electron chi connectivity index (χ4n) is 4.10. The minimum absolute atomic E-state index is 0.0903. The van der Waals surface area contributed by atoms with Gasteiger partial charge in [-0.1, -0.05) is 36.4 Å². The summed E-state index contributed by atoms with van der Waals surface area (Å²) in [7, 11) is 0. The minimum Gasteiger partial charge on any atom is -0.454 e. The molecule has 0 saturated carbocycles. The van der Waals surface area contributed by atoms with E-state index in [4.69, 9.17) is 9.47 Å². The fourth-order valence-corrected chi connectivity index (χ4v) is 4.10. The predicted octanol–water partition coefficient (Wildman–Crippen LogP) is 4.97. The van der Waals surface area contributed by atoms with E-state index in [0.29, 0.717) is 12.1 Å². The molecule has 1 aromatic heterocycles. The standard InChI is InChI=1S/C26H24N2O3/c1-17-18(2)28(15-19-6-4-3-5-7-19)23-10-9-21(13-22(17)23)26(29)27-14-20-8-11-24-25(12-20)31-16-30-24/h3-13H,14-16H2,1-2H3,(H,27,29). The zero-order chi connectivity index (χ0) is 21.4. The zero-order valence-corrected chi connectivity index (χ0v) is 17.6. The maximum Gasteiger partial charge on any atom is 0.251 e. The number of rotatable bonds is 5. The van der Waals surface area contributed by atoms with E-state index in [2.05, 4.69) is 48.0 Å². The molecule has 5 nitrogen and oxygen atoms in total. The summed E-state index contributed by atoms with van der Waals surface area (Å²) >= 11 is 0. The number of carbonyl (C=O) groups excluding carboxylic acids is 1. The van der Waals surface area contributed by atoms with Crippen molar-refractivity contribution in [2.75, 3.05) is 6.79 Å². The van der Waals surface area contributed by atoms with Crippen molar-refractivity contribution in [1.29, 1.82) is 0 Å². The van der Waals surface area contributed by atoms with Gasteiger partial charge in [-0.05, 0) is 60.9 Å². The Hall–Kier alpha value is -3.73. The summed E-state index contributed by atoms with van der Waals surface area (Å²) in [5.41, 5.74) is 6.46. The Kier molecular flexibility index (Phi) is 4.86. The van der Waals surface area contributed by atoms with Crippen LogP contribution in [0.1, 0.15) is 32.7 Å². The molecule has 0 atom stereocenters. The molecule has 0 fully saturated rings. The Morgan fingerprint density at radius 1 is 0.935 bits per heavy atom. The third kappa shape index (κ3) is 3.63. The van der Waals surface area contributed by atoms with Gasteiger partial charge in [0.1, 0.15) is 0 Å². The maximum absolute atomic E-state index is 12.8. The van der Waals surface area contributed by atoms with Crippen molar-refractivity contribution in [1.82, 2.24) is 9.88 Å². The van der Waals surface area contributed by atoms with Crippen LogP contribution in [0.4, 0.5) is 0 Å². The molecule has 0 unspecified atom stereocenters. The van der Waals surface area contributed by atoms with Crippen LogP contribution in [-0.4, -0.2) is 17.3 Å². The van der Waals surface area contributed by atoms with Gasteiger partial charge >= 0.3 is 0 Å². The molecule has 0 bridgehead atoms. The molecule has 1 amide bonds. The second-order valence-corrected chi connectivity index (χ2v) is 7.88. The van der Waals surface area contributed by atoms with E-state index in [1.54, 1.807) is 0 Å². The van der Waals surface area contributed by atoms with Gasteiger partial charge in [0.25, 0.3) is 5.91 Å². The van der Waals surface area contributed by atoms with Crippen LogP contribution in [0.2, 0.25) is 0 Å². The largest absolute Gasteiger partial charge is 0.454 e. The lowest BCUT2D eigenvalue weighted by molar-refractivity contribution is 0.0951. The maximum atomic E-state index is 12.8. The Morgan fingerprint density at radius 3 is 2.58 bits per heavy atom. The van der Waals surface area contributed by atoms with E-state index < -0.39 is 0 Å². The van der Waals surface area contributed by atoms with Crippen LogP contribution in [0.25, 0.3) is 10.9 Å². The van der Waals surface area contributed by atoms with Gasteiger partial charge < -0.3 is 19.4 Å².